The van der Waals surface area contributed by atoms with Crippen molar-refractivity contribution in [3.63, 3.8) is 0 Å². The van der Waals surface area contributed by atoms with Gasteiger partial charge in [0.25, 0.3) is 5.91 Å². The van der Waals surface area contributed by atoms with E-state index in [9.17, 15) is 9.59 Å². The van der Waals surface area contributed by atoms with Gasteiger partial charge in [-0.05, 0) is 37.3 Å². The first-order chi connectivity index (χ1) is 12.1. The third kappa shape index (κ3) is 4.26. The van der Waals surface area contributed by atoms with Gasteiger partial charge in [-0.3, -0.25) is 9.59 Å². The van der Waals surface area contributed by atoms with Crippen molar-refractivity contribution in [2.45, 2.75) is 6.92 Å². The SMILES string of the molecule is CC(=O)c1cccc(NC(=O)c2ccnc(Nc3ccccc3)n2)c1. The summed E-state index contributed by atoms with van der Waals surface area (Å²) in [6, 6.07) is 17.7. The van der Waals surface area contributed by atoms with Gasteiger partial charge in [0.15, 0.2) is 5.78 Å². The van der Waals surface area contributed by atoms with Crippen LogP contribution in [0.4, 0.5) is 17.3 Å². The summed E-state index contributed by atoms with van der Waals surface area (Å²) in [5.41, 5.74) is 2.12. The maximum absolute atomic E-state index is 12.4. The molecule has 0 radical (unpaired) electrons. The van der Waals surface area contributed by atoms with E-state index in [1.807, 2.05) is 30.3 Å². The highest BCUT2D eigenvalue weighted by Gasteiger charge is 2.10. The van der Waals surface area contributed by atoms with Crippen LogP contribution in [0.15, 0.2) is 66.9 Å². The van der Waals surface area contributed by atoms with Crippen molar-refractivity contribution < 1.29 is 9.59 Å². The zero-order valence-electron chi connectivity index (χ0n) is 13.6. The maximum atomic E-state index is 12.4. The monoisotopic (exact) mass is 332 g/mol. The molecule has 0 saturated heterocycles. The number of Topliss-reactive ketones (excluding diaryl/α,β-unsaturated/α-hetero) is 1. The molecule has 2 aromatic carbocycles. The Morgan fingerprint density at radius 3 is 2.44 bits per heavy atom. The molecule has 0 aliphatic carbocycles. The Bertz CT molecular complexity index is 910. The molecule has 0 fully saturated rings. The number of hydrogen-bond donors (Lipinski definition) is 2. The van der Waals surface area contributed by atoms with Gasteiger partial charge in [0.2, 0.25) is 5.95 Å². The number of anilines is 3. The predicted octanol–water partition coefficient (Wildman–Crippen LogP) is 3.68. The van der Waals surface area contributed by atoms with Gasteiger partial charge in [0, 0.05) is 23.1 Å². The predicted molar refractivity (Wildman–Crippen MR) is 96.2 cm³/mol. The van der Waals surface area contributed by atoms with Crippen molar-refractivity contribution in [1.82, 2.24) is 9.97 Å². The number of ketones is 1. The topological polar surface area (TPSA) is 84.0 Å². The molecule has 0 unspecified atom stereocenters. The largest absolute Gasteiger partial charge is 0.324 e. The second-order valence-electron chi connectivity index (χ2n) is 5.35. The molecule has 3 aromatic rings. The Morgan fingerprint density at radius 1 is 0.920 bits per heavy atom. The molecule has 1 aromatic heterocycles. The lowest BCUT2D eigenvalue weighted by Crippen LogP contribution is -2.15. The van der Waals surface area contributed by atoms with E-state index < -0.39 is 0 Å². The summed E-state index contributed by atoms with van der Waals surface area (Å²) in [4.78, 5) is 32.2. The van der Waals surface area contributed by atoms with Gasteiger partial charge in [-0.25, -0.2) is 9.97 Å². The van der Waals surface area contributed by atoms with E-state index in [2.05, 4.69) is 20.6 Å². The molecule has 0 aliphatic heterocycles. The van der Waals surface area contributed by atoms with Crippen LogP contribution >= 0.6 is 0 Å². The average molecular weight is 332 g/mol. The van der Waals surface area contributed by atoms with Crippen molar-refractivity contribution >= 4 is 29.0 Å². The van der Waals surface area contributed by atoms with Gasteiger partial charge in [-0.2, -0.15) is 0 Å². The summed E-state index contributed by atoms with van der Waals surface area (Å²) in [5, 5.41) is 5.78. The van der Waals surface area contributed by atoms with Crippen molar-refractivity contribution in [2.24, 2.45) is 0 Å². The van der Waals surface area contributed by atoms with Crippen molar-refractivity contribution in [1.29, 1.82) is 0 Å². The van der Waals surface area contributed by atoms with Gasteiger partial charge in [-0.1, -0.05) is 30.3 Å². The highest BCUT2D eigenvalue weighted by molar-refractivity contribution is 6.04. The fraction of sp³-hybridized carbons (Fsp3) is 0.0526. The average Bonchev–Trinajstić information content (AvgIpc) is 2.63. The molecule has 6 nitrogen and oxygen atoms in total. The van der Waals surface area contributed by atoms with Crippen molar-refractivity contribution in [2.75, 3.05) is 10.6 Å². The number of carbonyl (C=O) groups is 2. The van der Waals surface area contributed by atoms with Crippen LogP contribution in [0.3, 0.4) is 0 Å². The number of amides is 1. The summed E-state index contributed by atoms with van der Waals surface area (Å²) in [7, 11) is 0. The minimum Gasteiger partial charge on any atom is -0.324 e. The molecule has 25 heavy (non-hydrogen) atoms. The molecule has 6 heteroatoms. The zero-order valence-corrected chi connectivity index (χ0v) is 13.6. The van der Waals surface area contributed by atoms with Crippen LogP contribution in [-0.4, -0.2) is 21.7 Å². The van der Waals surface area contributed by atoms with E-state index in [0.717, 1.165) is 5.69 Å². The fourth-order valence-corrected chi connectivity index (χ4v) is 2.21. The van der Waals surface area contributed by atoms with Crippen LogP contribution in [0.2, 0.25) is 0 Å². The Kier molecular flexibility index (Phi) is 4.80. The van der Waals surface area contributed by atoms with Gasteiger partial charge in [0.05, 0.1) is 0 Å². The number of hydrogen-bond acceptors (Lipinski definition) is 5. The molecule has 1 heterocycles. The number of nitrogens with one attached hydrogen (secondary N) is 2. The summed E-state index contributed by atoms with van der Waals surface area (Å²) in [6.45, 7) is 1.48. The lowest BCUT2D eigenvalue weighted by atomic mass is 10.1. The molecule has 0 bridgehead atoms. The molecule has 0 aliphatic rings. The zero-order chi connectivity index (χ0) is 17.6. The smallest absolute Gasteiger partial charge is 0.274 e. The first-order valence-electron chi connectivity index (χ1n) is 7.69. The normalized spacial score (nSPS) is 10.1. The van der Waals surface area contributed by atoms with E-state index in [1.54, 1.807) is 24.3 Å². The maximum Gasteiger partial charge on any atom is 0.274 e. The van der Waals surface area contributed by atoms with E-state index >= 15 is 0 Å². The summed E-state index contributed by atoms with van der Waals surface area (Å²) in [5.74, 6) is -0.108. The first-order valence-corrected chi connectivity index (χ1v) is 7.69. The Morgan fingerprint density at radius 2 is 1.68 bits per heavy atom. The Balaban J connectivity index is 1.75. The van der Waals surface area contributed by atoms with Crippen LogP contribution in [0.1, 0.15) is 27.8 Å². The number of carbonyl (C=O) groups excluding carboxylic acids is 2. The quantitative estimate of drug-likeness (QED) is 0.696. The third-order valence-corrected chi connectivity index (χ3v) is 3.45. The van der Waals surface area contributed by atoms with Crippen LogP contribution in [0.25, 0.3) is 0 Å². The number of nitrogens with zero attached hydrogens (tertiary/aromatic N) is 2. The van der Waals surface area contributed by atoms with Crippen molar-refractivity contribution in [3.8, 4) is 0 Å². The molecule has 2 N–H and O–H groups in total. The minimum absolute atomic E-state index is 0.0625. The third-order valence-electron chi connectivity index (χ3n) is 3.45. The number of benzene rings is 2. The minimum atomic E-state index is -0.376. The molecule has 1 amide bonds. The molecule has 3 rings (SSSR count). The van der Waals surface area contributed by atoms with Gasteiger partial charge in [-0.15, -0.1) is 0 Å². The van der Waals surface area contributed by atoms with Crippen LogP contribution in [0, 0.1) is 0 Å². The van der Waals surface area contributed by atoms with E-state index in [0.29, 0.717) is 17.2 Å². The number of rotatable bonds is 5. The van der Waals surface area contributed by atoms with Gasteiger partial charge < -0.3 is 10.6 Å². The standard InChI is InChI=1S/C19H16N4O2/c1-13(24)14-6-5-9-16(12-14)21-18(25)17-10-11-20-19(23-17)22-15-7-3-2-4-8-15/h2-12H,1H3,(H,21,25)(H,20,22,23). The summed E-state index contributed by atoms with van der Waals surface area (Å²) < 4.78 is 0. The Labute approximate surface area is 145 Å². The van der Waals surface area contributed by atoms with Gasteiger partial charge >= 0.3 is 0 Å². The second kappa shape index (κ2) is 7.35. The first kappa shape index (κ1) is 16.3. The lowest BCUT2D eigenvalue weighted by Gasteiger charge is -2.08. The van der Waals surface area contributed by atoms with E-state index in [1.165, 1.54) is 19.2 Å². The van der Waals surface area contributed by atoms with Crippen LogP contribution in [-0.2, 0) is 0 Å². The van der Waals surface area contributed by atoms with E-state index in [4.69, 9.17) is 0 Å². The van der Waals surface area contributed by atoms with E-state index in [-0.39, 0.29) is 17.4 Å². The molecule has 0 saturated carbocycles. The fourth-order valence-electron chi connectivity index (χ4n) is 2.21. The Hall–Kier alpha value is -3.54. The molecular weight excluding hydrogens is 316 g/mol. The van der Waals surface area contributed by atoms with Crippen molar-refractivity contribution in [3.05, 3.63) is 78.1 Å². The second-order valence-corrected chi connectivity index (χ2v) is 5.35. The molecule has 124 valence electrons. The molecule has 0 spiro atoms. The molecular formula is C19H16N4O2. The number of aromatic nitrogens is 2. The summed E-state index contributed by atoms with van der Waals surface area (Å²) in [6.07, 6.45) is 1.51. The lowest BCUT2D eigenvalue weighted by molar-refractivity contribution is 0.100. The summed E-state index contributed by atoms with van der Waals surface area (Å²) >= 11 is 0. The highest BCUT2D eigenvalue weighted by atomic mass is 16.2. The molecule has 0 atom stereocenters. The van der Waals surface area contributed by atoms with Crippen LogP contribution in [0.5, 0.6) is 0 Å². The number of para-hydroxylation sites is 1. The highest BCUT2D eigenvalue weighted by Crippen LogP contribution is 2.14. The van der Waals surface area contributed by atoms with Gasteiger partial charge in [0.1, 0.15) is 5.69 Å². The van der Waals surface area contributed by atoms with Crippen LogP contribution < -0.4 is 10.6 Å².